The summed E-state index contributed by atoms with van der Waals surface area (Å²) in [4.78, 5) is 26.2. The molecule has 1 heterocycles. The molecule has 3 rings (SSSR count). The van der Waals surface area contributed by atoms with Gasteiger partial charge in [0, 0.05) is 36.2 Å². The Morgan fingerprint density at radius 2 is 1.95 bits per heavy atom. The van der Waals surface area contributed by atoms with Crippen LogP contribution in [0.25, 0.3) is 0 Å². The number of Topliss-reactive ketones (excluding diaryl/α,β-unsaturated/α-hetero) is 1. The molecule has 4 heteroatoms. The number of nitrogens with two attached hydrogens (primary N) is 1. The topological polar surface area (TPSA) is 63.4 Å². The lowest BCUT2D eigenvalue weighted by atomic mass is 9.84. The highest BCUT2D eigenvalue weighted by atomic mass is 16.2. The van der Waals surface area contributed by atoms with Gasteiger partial charge in [-0.05, 0) is 43.5 Å². The molecule has 1 saturated heterocycles. The van der Waals surface area contributed by atoms with Crippen molar-refractivity contribution in [1.29, 1.82) is 0 Å². The molecule has 4 nitrogen and oxygen atoms in total. The van der Waals surface area contributed by atoms with Crippen LogP contribution in [0.1, 0.15) is 36.0 Å². The normalized spacial score (nSPS) is 26.3. The average molecular weight is 258 g/mol. The smallest absolute Gasteiger partial charge is 0.254 e. The third-order valence-corrected chi connectivity index (χ3v) is 4.30. The van der Waals surface area contributed by atoms with Crippen LogP contribution in [0.2, 0.25) is 0 Å². The predicted molar refractivity (Wildman–Crippen MR) is 72.6 cm³/mol. The number of hydrogen-bond donors (Lipinski definition) is 1. The summed E-state index contributed by atoms with van der Waals surface area (Å²) >= 11 is 0. The van der Waals surface area contributed by atoms with E-state index >= 15 is 0 Å². The van der Waals surface area contributed by atoms with Gasteiger partial charge in [-0.25, -0.2) is 0 Å². The lowest BCUT2D eigenvalue weighted by Crippen LogP contribution is -2.41. The molecule has 19 heavy (non-hydrogen) atoms. The molecule has 0 bridgehead atoms. The quantitative estimate of drug-likeness (QED) is 0.782. The number of amides is 1. The van der Waals surface area contributed by atoms with Gasteiger partial charge < -0.3 is 10.6 Å². The Hall–Kier alpha value is -1.84. The maximum absolute atomic E-state index is 12.5. The van der Waals surface area contributed by atoms with E-state index < -0.39 is 0 Å². The molecule has 2 aliphatic rings. The fourth-order valence-electron chi connectivity index (χ4n) is 3.30. The van der Waals surface area contributed by atoms with E-state index in [1.807, 2.05) is 4.90 Å². The van der Waals surface area contributed by atoms with E-state index in [2.05, 4.69) is 0 Å². The van der Waals surface area contributed by atoms with E-state index in [1.165, 1.54) is 0 Å². The Balaban J connectivity index is 1.81. The Morgan fingerprint density at radius 1 is 1.21 bits per heavy atom. The lowest BCUT2D eigenvalue weighted by Gasteiger charge is -2.30. The molecule has 1 aliphatic heterocycles. The number of hydrogen-bond acceptors (Lipinski definition) is 3. The second-order valence-electron chi connectivity index (χ2n) is 5.44. The van der Waals surface area contributed by atoms with Gasteiger partial charge in [0.05, 0.1) is 0 Å². The molecular formula is C15H18N2O2. The summed E-state index contributed by atoms with van der Waals surface area (Å²) < 4.78 is 0. The molecule has 1 amide bonds. The molecule has 100 valence electrons. The van der Waals surface area contributed by atoms with Crippen molar-refractivity contribution in [2.45, 2.75) is 31.7 Å². The van der Waals surface area contributed by atoms with E-state index in [0.29, 0.717) is 30.0 Å². The first kappa shape index (κ1) is 12.2. The molecule has 1 aliphatic carbocycles. The SMILES string of the molecule is Nc1ccc(C(=O)N2CCC3C(=O)CCCC32)cc1. The molecule has 0 radical (unpaired) electrons. The second kappa shape index (κ2) is 4.68. The predicted octanol–water partition coefficient (Wildman–Crippen LogP) is 1.85. The molecule has 1 aromatic carbocycles. The molecule has 2 N–H and O–H groups in total. The summed E-state index contributed by atoms with van der Waals surface area (Å²) in [6.45, 7) is 0.699. The van der Waals surface area contributed by atoms with Gasteiger partial charge in [-0.1, -0.05) is 0 Å². The van der Waals surface area contributed by atoms with Gasteiger partial charge >= 0.3 is 0 Å². The zero-order valence-corrected chi connectivity index (χ0v) is 10.8. The summed E-state index contributed by atoms with van der Waals surface area (Å²) in [5.74, 6) is 0.442. The van der Waals surface area contributed by atoms with Gasteiger partial charge in [0.2, 0.25) is 0 Å². The number of likely N-dealkylation sites (tertiary alicyclic amines) is 1. The first-order chi connectivity index (χ1) is 9.16. The first-order valence-corrected chi connectivity index (χ1v) is 6.86. The third kappa shape index (κ3) is 2.11. The van der Waals surface area contributed by atoms with Crippen LogP contribution in [0.3, 0.4) is 0 Å². The average Bonchev–Trinajstić information content (AvgIpc) is 2.84. The molecule has 2 atom stereocenters. The van der Waals surface area contributed by atoms with Gasteiger partial charge in [-0.2, -0.15) is 0 Å². The van der Waals surface area contributed by atoms with Crippen molar-refractivity contribution >= 4 is 17.4 Å². The standard InChI is InChI=1S/C15H18N2O2/c16-11-6-4-10(5-7-11)15(19)17-9-8-12-13(17)2-1-3-14(12)18/h4-7,12-13H,1-3,8-9,16H2. The van der Waals surface area contributed by atoms with Crippen LogP contribution in [0.4, 0.5) is 5.69 Å². The number of ketones is 1. The van der Waals surface area contributed by atoms with Crippen LogP contribution < -0.4 is 5.73 Å². The van der Waals surface area contributed by atoms with Crippen LogP contribution in [-0.4, -0.2) is 29.2 Å². The molecule has 0 aromatic heterocycles. The minimum atomic E-state index is 0.0298. The number of nitrogens with zero attached hydrogens (tertiary/aromatic N) is 1. The largest absolute Gasteiger partial charge is 0.399 e. The monoisotopic (exact) mass is 258 g/mol. The van der Waals surface area contributed by atoms with Crippen LogP contribution >= 0.6 is 0 Å². The molecule has 2 fully saturated rings. The highest BCUT2D eigenvalue weighted by molar-refractivity contribution is 5.96. The van der Waals surface area contributed by atoms with Gasteiger partial charge in [-0.3, -0.25) is 9.59 Å². The summed E-state index contributed by atoms with van der Waals surface area (Å²) in [5, 5.41) is 0. The third-order valence-electron chi connectivity index (χ3n) is 4.30. The Kier molecular flexibility index (Phi) is 3.01. The molecule has 1 aromatic rings. The molecule has 2 unspecified atom stereocenters. The Labute approximate surface area is 112 Å². The van der Waals surface area contributed by atoms with Crippen molar-refractivity contribution in [3.63, 3.8) is 0 Å². The lowest BCUT2D eigenvalue weighted by molar-refractivity contribution is -0.125. The Bertz CT molecular complexity index is 509. The van der Waals surface area contributed by atoms with Crippen molar-refractivity contribution in [2.24, 2.45) is 5.92 Å². The highest BCUT2D eigenvalue weighted by Crippen LogP contribution is 2.34. The number of fused-ring (bicyclic) bond motifs is 1. The Morgan fingerprint density at radius 3 is 2.68 bits per heavy atom. The van der Waals surface area contributed by atoms with Crippen LogP contribution in [0.15, 0.2) is 24.3 Å². The van der Waals surface area contributed by atoms with Crippen molar-refractivity contribution in [3.8, 4) is 0 Å². The minimum Gasteiger partial charge on any atom is -0.399 e. The zero-order valence-electron chi connectivity index (χ0n) is 10.8. The fraction of sp³-hybridized carbons (Fsp3) is 0.467. The summed E-state index contributed by atoms with van der Waals surface area (Å²) in [6.07, 6.45) is 3.37. The summed E-state index contributed by atoms with van der Waals surface area (Å²) in [6, 6.07) is 7.12. The van der Waals surface area contributed by atoms with E-state index in [0.717, 1.165) is 19.3 Å². The van der Waals surface area contributed by atoms with Gasteiger partial charge in [0.15, 0.2) is 0 Å². The first-order valence-electron chi connectivity index (χ1n) is 6.86. The van der Waals surface area contributed by atoms with E-state index in [4.69, 9.17) is 5.73 Å². The van der Waals surface area contributed by atoms with Crippen molar-refractivity contribution in [2.75, 3.05) is 12.3 Å². The maximum atomic E-state index is 12.5. The highest BCUT2D eigenvalue weighted by Gasteiger charge is 2.42. The summed E-state index contributed by atoms with van der Waals surface area (Å²) in [5.41, 5.74) is 6.95. The molecule has 0 spiro atoms. The number of nitrogen functional groups attached to an aromatic ring is 1. The van der Waals surface area contributed by atoms with E-state index in [1.54, 1.807) is 24.3 Å². The number of benzene rings is 1. The van der Waals surface area contributed by atoms with Crippen LogP contribution in [0.5, 0.6) is 0 Å². The minimum absolute atomic E-state index is 0.0298. The van der Waals surface area contributed by atoms with Gasteiger partial charge in [0.1, 0.15) is 5.78 Å². The molecule has 1 saturated carbocycles. The number of carbonyl (C=O) groups is 2. The van der Waals surface area contributed by atoms with E-state index in [9.17, 15) is 9.59 Å². The van der Waals surface area contributed by atoms with Crippen LogP contribution in [0, 0.1) is 5.92 Å². The van der Waals surface area contributed by atoms with Gasteiger partial charge in [0.25, 0.3) is 5.91 Å². The number of anilines is 1. The van der Waals surface area contributed by atoms with Crippen molar-refractivity contribution in [3.05, 3.63) is 29.8 Å². The fourth-order valence-corrected chi connectivity index (χ4v) is 3.30. The molecular weight excluding hydrogens is 240 g/mol. The zero-order chi connectivity index (χ0) is 13.4. The van der Waals surface area contributed by atoms with E-state index in [-0.39, 0.29) is 17.9 Å². The number of carbonyl (C=O) groups excluding carboxylic acids is 2. The van der Waals surface area contributed by atoms with Crippen LogP contribution in [-0.2, 0) is 4.79 Å². The number of rotatable bonds is 1. The second-order valence-corrected chi connectivity index (χ2v) is 5.44. The summed E-state index contributed by atoms with van der Waals surface area (Å²) in [7, 11) is 0. The van der Waals surface area contributed by atoms with Crippen molar-refractivity contribution in [1.82, 2.24) is 4.90 Å². The van der Waals surface area contributed by atoms with Gasteiger partial charge in [-0.15, -0.1) is 0 Å². The van der Waals surface area contributed by atoms with Crippen molar-refractivity contribution < 1.29 is 9.59 Å². The maximum Gasteiger partial charge on any atom is 0.254 e.